The van der Waals surface area contributed by atoms with Gasteiger partial charge in [-0.15, -0.1) is 0 Å². The van der Waals surface area contributed by atoms with Gasteiger partial charge in [0, 0.05) is 12.6 Å². The third kappa shape index (κ3) is 3.41. The zero-order valence-electron chi connectivity index (χ0n) is 16.0. The van der Waals surface area contributed by atoms with Crippen molar-refractivity contribution in [3.63, 3.8) is 0 Å². The zero-order valence-corrected chi connectivity index (χ0v) is 16.8. The van der Waals surface area contributed by atoms with E-state index in [4.69, 9.17) is 4.52 Å². The largest absolute Gasteiger partial charge is 0.360 e. The SMILES string of the molecule is Cc1noc(C)c1S(=O)(=O)N1CCC[C@@H]1C(=O)N[C@@H]1CCC[C@H](C)[C@H]1C. The van der Waals surface area contributed by atoms with Gasteiger partial charge < -0.3 is 9.84 Å². The van der Waals surface area contributed by atoms with Crippen molar-refractivity contribution in [2.24, 2.45) is 11.8 Å². The van der Waals surface area contributed by atoms with E-state index in [-0.39, 0.29) is 22.6 Å². The normalized spacial score (nSPS) is 30.5. The number of hydrogen-bond donors (Lipinski definition) is 1. The molecular formula is C18H29N3O4S. The minimum atomic E-state index is -3.80. The van der Waals surface area contributed by atoms with E-state index in [1.165, 1.54) is 10.7 Å². The Morgan fingerprint density at radius 3 is 2.58 bits per heavy atom. The van der Waals surface area contributed by atoms with Crippen LogP contribution in [0.1, 0.15) is 57.4 Å². The molecule has 2 aliphatic rings. The Balaban J connectivity index is 1.79. The first-order valence-electron chi connectivity index (χ1n) is 9.48. The molecule has 3 rings (SSSR count). The lowest BCUT2D eigenvalue weighted by atomic mass is 9.78. The standard InChI is InChI=1S/C18H29N3O4S/c1-11-7-5-8-15(12(11)2)19-18(22)16-9-6-10-21(16)26(23,24)17-13(3)20-25-14(17)4/h11-12,15-16H,5-10H2,1-4H3,(H,19,22)/t11-,12+,15+,16+/m0/s1. The fourth-order valence-electron chi connectivity index (χ4n) is 4.31. The molecule has 7 nitrogen and oxygen atoms in total. The Hall–Kier alpha value is -1.41. The van der Waals surface area contributed by atoms with Crippen LogP contribution in [0.25, 0.3) is 0 Å². The molecule has 2 heterocycles. The number of hydrogen-bond acceptors (Lipinski definition) is 5. The molecule has 1 N–H and O–H groups in total. The van der Waals surface area contributed by atoms with Crippen LogP contribution in [0.15, 0.2) is 9.42 Å². The van der Waals surface area contributed by atoms with Crippen molar-refractivity contribution in [3.05, 3.63) is 11.5 Å². The first-order chi connectivity index (χ1) is 12.2. The Bertz CT molecular complexity index is 754. The topological polar surface area (TPSA) is 92.5 Å². The van der Waals surface area contributed by atoms with E-state index in [9.17, 15) is 13.2 Å². The first kappa shape index (κ1) is 19.4. The van der Waals surface area contributed by atoms with Gasteiger partial charge in [0.1, 0.15) is 16.6 Å². The minimum absolute atomic E-state index is 0.0943. The molecule has 0 bridgehead atoms. The Labute approximate surface area is 155 Å². The Morgan fingerprint density at radius 1 is 1.19 bits per heavy atom. The molecule has 0 unspecified atom stereocenters. The molecule has 1 aliphatic carbocycles. The Kier molecular flexibility index (Phi) is 5.44. The second kappa shape index (κ2) is 7.31. The van der Waals surface area contributed by atoms with Crippen molar-refractivity contribution in [1.82, 2.24) is 14.8 Å². The fourth-order valence-corrected chi connectivity index (χ4v) is 6.27. The predicted molar refractivity (Wildman–Crippen MR) is 97.0 cm³/mol. The molecule has 0 aromatic carbocycles. The summed E-state index contributed by atoms with van der Waals surface area (Å²) in [6, 6.07) is -0.534. The summed E-state index contributed by atoms with van der Waals surface area (Å²) in [4.78, 5) is 13.0. The molecule has 1 saturated heterocycles. The number of amides is 1. The first-order valence-corrected chi connectivity index (χ1v) is 10.9. The second-order valence-corrected chi connectivity index (χ2v) is 9.64. The number of carbonyl (C=O) groups is 1. The maximum atomic E-state index is 13.1. The summed E-state index contributed by atoms with van der Waals surface area (Å²) in [5.74, 6) is 1.06. The highest BCUT2D eigenvalue weighted by Crippen LogP contribution is 2.32. The molecule has 1 aromatic rings. The lowest BCUT2D eigenvalue weighted by molar-refractivity contribution is -0.125. The van der Waals surface area contributed by atoms with Crippen LogP contribution in [0.3, 0.4) is 0 Å². The van der Waals surface area contributed by atoms with Crippen LogP contribution >= 0.6 is 0 Å². The van der Waals surface area contributed by atoms with E-state index in [2.05, 4.69) is 24.3 Å². The number of sulfonamides is 1. The molecule has 1 amide bonds. The highest BCUT2D eigenvalue weighted by Gasteiger charge is 2.42. The summed E-state index contributed by atoms with van der Waals surface area (Å²) < 4.78 is 32.6. The maximum Gasteiger partial charge on any atom is 0.249 e. The van der Waals surface area contributed by atoms with E-state index in [0.717, 1.165) is 12.8 Å². The Morgan fingerprint density at radius 2 is 1.92 bits per heavy atom. The van der Waals surface area contributed by atoms with Crippen molar-refractivity contribution in [1.29, 1.82) is 0 Å². The lowest BCUT2D eigenvalue weighted by Gasteiger charge is -2.35. The molecule has 2 fully saturated rings. The minimum Gasteiger partial charge on any atom is -0.360 e. The van der Waals surface area contributed by atoms with Crippen LogP contribution in [0.2, 0.25) is 0 Å². The van der Waals surface area contributed by atoms with E-state index >= 15 is 0 Å². The molecular weight excluding hydrogens is 354 g/mol. The monoisotopic (exact) mass is 383 g/mol. The van der Waals surface area contributed by atoms with Crippen LogP contribution in [0.5, 0.6) is 0 Å². The molecule has 8 heteroatoms. The molecule has 1 aliphatic heterocycles. The van der Waals surface area contributed by atoms with Gasteiger partial charge in [0.05, 0.1) is 0 Å². The molecule has 0 radical (unpaired) electrons. The van der Waals surface area contributed by atoms with Gasteiger partial charge in [0.15, 0.2) is 5.76 Å². The van der Waals surface area contributed by atoms with Crippen molar-refractivity contribution in [2.75, 3.05) is 6.54 Å². The third-order valence-electron chi connectivity index (χ3n) is 6.08. The summed E-state index contributed by atoms with van der Waals surface area (Å²) in [6.07, 6.45) is 4.47. The van der Waals surface area contributed by atoms with Gasteiger partial charge in [-0.3, -0.25) is 4.79 Å². The van der Waals surface area contributed by atoms with Crippen LogP contribution in [0, 0.1) is 25.7 Å². The quantitative estimate of drug-likeness (QED) is 0.862. The molecule has 26 heavy (non-hydrogen) atoms. The van der Waals surface area contributed by atoms with Gasteiger partial charge in [-0.25, -0.2) is 8.42 Å². The van der Waals surface area contributed by atoms with Gasteiger partial charge in [-0.1, -0.05) is 31.8 Å². The number of carbonyl (C=O) groups excluding carboxylic acids is 1. The van der Waals surface area contributed by atoms with Gasteiger partial charge in [0.2, 0.25) is 15.9 Å². The fraction of sp³-hybridized carbons (Fsp3) is 0.778. The highest BCUT2D eigenvalue weighted by atomic mass is 32.2. The van der Waals surface area contributed by atoms with Gasteiger partial charge in [-0.2, -0.15) is 4.31 Å². The van der Waals surface area contributed by atoms with Crippen molar-refractivity contribution in [3.8, 4) is 0 Å². The highest BCUT2D eigenvalue weighted by molar-refractivity contribution is 7.89. The summed E-state index contributed by atoms with van der Waals surface area (Å²) in [7, 11) is -3.80. The van der Waals surface area contributed by atoms with Gasteiger partial charge in [-0.05, 0) is 44.9 Å². The average molecular weight is 384 g/mol. The van der Waals surface area contributed by atoms with Gasteiger partial charge >= 0.3 is 0 Å². The number of rotatable bonds is 4. The van der Waals surface area contributed by atoms with Crippen molar-refractivity contribution in [2.45, 2.75) is 76.8 Å². The molecule has 4 atom stereocenters. The summed E-state index contributed by atoms with van der Waals surface area (Å²) in [6.45, 7) is 7.93. The smallest absolute Gasteiger partial charge is 0.249 e. The predicted octanol–water partition coefficient (Wildman–Crippen LogP) is 2.39. The van der Waals surface area contributed by atoms with E-state index in [0.29, 0.717) is 36.9 Å². The van der Waals surface area contributed by atoms with Crippen LogP contribution in [-0.4, -0.2) is 42.4 Å². The van der Waals surface area contributed by atoms with Gasteiger partial charge in [0.25, 0.3) is 0 Å². The van der Waals surface area contributed by atoms with Crippen molar-refractivity contribution >= 4 is 15.9 Å². The van der Waals surface area contributed by atoms with Crippen LogP contribution < -0.4 is 5.32 Å². The second-order valence-electron chi connectivity index (χ2n) is 7.81. The van der Waals surface area contributed by atoms with E-state index in [1.807, 2.05) is 0 Å². The zero-order chi connectivity index (χ0) is 19.1. The maximum absolute atomic E-state index is 13.1. The van der Waals surface area contributed by atoms with Crippen molar-refractivity contribution < 1.29 is 17.7 Å². The van der Waals surface area contributed by atoms with Crippen LogP contribution in [0.4, 0.5) is 0 Å². The lowest BCUT2D eigenvalue weighted by Crippen LogP contribution is -2.51. The number of aromatic nitrogens is 1. The van der Waals surface area contributed by atoms with E-state index in [1.54, 1.807) is 13.8 Å². The van der Waals surface area contributed by atoms with E-state index < -0.39 is 16.1 Å². The average Bonchev–Trinajstić information content (AvgIpc) is 3.19. The molecule has 1 saturated carbocycles. The summed E-state index contributed by atoms with van der Waals surface area (Å²) in [5, 5.41) is 6.89. The molecule has 0 spiro atoms. The molecule has 146 valence electrons. The number of nitrogens with one attached hydrogen (secondary N) is 1. The summed E-state index contributed by atoms with van der Waals surface area (Å²) in [5.41, 5.74) is 0.336. The number of nitrogens with zero attached hydrogens (tertiary/aromatic N) is 2. The third-order valence-corrected chi connectivity index (χ3v) is 8.23. The number of aryl methyl sites for hydroxylation is 2. The molecule has 1 aromatic heterocycles. The van der Waals surface area contributed by atoms with Crippen LogP contribution in [-0.2, 0) is 14.8 Å². The summed E-state index contributed by atoms with van der Waals surface area (Å²) >= 11 is 0.